The first-order valence-electron chi connectivity index (χ1n) is 7.12. The number of likely N-dealkylation sites (N-methyl/N-ethyl adjacent to an activating group) is 1. The van der Waals surface area contributed by atoms with Crippen molar-refractivity contribution in [2.45, 2.75) is 19.9 Å². The van der Waals surface area contributed by atoms with Crippen LogP contribution < -0.4 is 5.32 Å². The third-order valence-electron chi connectivity index (χ3n) is 3.47. The van der Waals surface area contributed by atoms with Crippen LogP contribution >= 0.6 is 11.3 Å². The summed E-state index contributed by atoms with van der Waals surface area (Å²) in [7, 11) is 1.60. The van der Waals surface area contributed by atoms with Gasteiger partial charge in [-0.1, -0.05) is 12.1 Å². The lowest BCUT2D eigenvalue weighted by Gasteiger charge is -2.20. The Bertz CT molecular complexity index is 714. The summed E-state index contributed by atoms with van der Waals surface area (Å²) >= 11 is 1.57. The number of anilines is 1. The molecule has 2 rings (SSSR count). The number of rotatable bonds is 6. The van der Waals surface area contributed by atoms with E-state index < -0.39 is 12.0 Å². The second kappa shape index (κ2) is 7.34. The maximum absolute atomic E-state index is 12.0. The SMILES string of the molecule is Cc1nc(-c2cccc(NC(=O)CN(C)C(C)C(=O)O)c2)cs1. The van der Waals surface area contributed by atoms with Gasteiger partial charge in [-0.05, 0) is 33.0 Å². The van der Waals surface area contributed by atoms with E-state index in [1.54, 1.807) is 31.4 Å². The van der Waals surface area contributed by atoms with Crippen LogP contribution in [0.25, 0.3) is 11.3 Å². The van der Waals surface area contributed by atoms with Crippen molar-refractivity contribution in [3.05, 3.63) is 34.7 Å². The second-order valence-electron chi connectivity index (χ2n) is 5.31. The van der Waals surface area contributed by atoms with E-state index in [0.29, 0.717) is 5.69 Å². The number of nitrogens with zero attached hydrogens (tertiary/aromatic N) is 2. The molecule has 0 aliphatic carbocycles. The van der Waals surface area contributed by atoms with Crippen LogP contribution in [0.5, 0.6) is 0 Å². The Morgan fingerprint density at radius 3 is 2.78 bits per heavy atom. The first-order chi connectivity index (χ1) is 10.9. The molecule has 0 aliphatic heterocycles. The van der Waals surface area contributed by atoms with Crippen LogP contribution in [-0.2, 0) is 9.59 Å². The number of carbonyl (C=O) groups excluding carboxylic acids is 1. The van der Waals surface area contributed by atoms with Crippen molar-refractivity contribution in [1.82, 2.24) is 9.88 Å². The lowest BCUT2D eigenvalue weighted by Crippen LogP contribution is -2.40. The van der Waals surface area contributed by atoms with Gasteiger partial charge in [0.2, 0.25) is 5.91 Å². The zero-order valence-corrected chi connectivity index (χ0v) is 14.1. The maximum atomic E-state index is 12.0. The molecule has 122 valence electrons. The van der Waals surface area contributed by atoms with E-state index in [0.717, 1.165) is 16.3 Å². The van der Waals surface area contributed by atoms with Crippen molar-refractivity contribution < 1.29 is 14.7 Å². The fourth-order valence-electron chi connectivity index (χ4n) is 2.00. The Labute approximate surface area is 138 Å². The van der Waals surface area contributed by atoms with Gasteiger partial charge in [-0.15, -0.1) is 11.3 Å². The highest BCUT2D eigenvalue weighted by Crippen LogP contribution is 2.24. The smallest absolute Gasteiger partial charge is 0.320 e. The first-order valence-corrected chi connectivity index (χ1v) is 8.00. The predicted octanol–water partition coefficient (Wildman–Crippen LogP) is 2.46. The minimum Gasteiger partial charge on any atom is -0.480 e. The molecule has 0 spiro atoms. The summed E-state index contributed by atoms with van der Waals surface area (Å²) in [5.41, 5.74) is 2.47. The predicted molar refractivity (Wildman–Crippen MR) is 90.6 cm³/mol. The Kier molecular flexibility index (Phi) is 5.46. The number of aryl methyl sites for hydroxylation is 1. The van der Waals surface area contributed by atoms with Gasteiger partial charge < -0.3 is 10.4 Å². The van der Waals surface area contributed by atoms with E-state index in [2.05, 4.69) is 10.3 Å². The molecule has 1 aromatic heterocycles. The van der Waals surface area contributed by atoms with Gasteiger partial charge in [-0.3, -0.25) is 14.5 Å². The quantitative estimate of drug-likeness (QED) is 0.848. The number of thiazole rings is 1. The van der Waals surface area contributed by atoms with Crippen molar-refractivity contribution in [3.8, 4) is 11.3 Å². The first kappa shape index (κ1) is 17.1. The van der Waals surface area contributed by atoms with Gasteiger partial charge >= 0.3 is 5.97 Å². The van der Waals surface area contributed by atoms with E-state index >= 15 is 0 Å². The zero-order valence-electron chi connectivity index (χ0n) is 13.2. The highest BCUT2D eigenvalue weighted by atomic mass is 32.1. The number of benzene rings is 1. The lowest BCUT2D eigenvalue weighted by molar-refractivity contribution is -0.142. The van der Waals surface area contributed by atoms with E-state index in [1.807, 2.05) is 30.5 Å². The lowest BCUT2D eigenvalue weighted by atomic mass is 10.1. The molecule has 1 atom stereocenters. The van der Waals surface area contributed by atoms with E-state index in [1.165, 1.54) is 4.90 Å². The molecule has 1 unspecified atom stereocenters. The van der Waals surface area contributed by atoms with Crippen molar-refractivity contribution >= 4 is 28.9 Å². The number of carboxylic acids is 1. The van der Waals surface area contributed by atoms with Crippen LogP contribution in [0.2, 0.25) is 0 Å². The summed E-state index contributed by atoms with van der Waals surface area (Å²) in [6.45, 7) is 3.49. The number of carbonyl (C=O) groups is 2. The van der Waals surface area contributed by atoms with Gasteiger partial charge in [-0.2, -0.15) is 0 Å². The van der Waals surface area contributed by atoms with Gasteiger partial charge in [0.1, 0.15) is 6.04 Å². The molecule has 6 nitrogen and oxygen atoms in total. The van der Waals surface area contributed by atoms with Crippen LogP contribution in [0.3, 0.4) is 0 Å². The summed E-state index contributed by atoms with van der Waals surface area (Å²) in [5, 5.41) is 14.7. The molecular formula is C16H19N3O3S. The highest BCUT2D eigenvalue weighted by molar-refractivity contribution is 7.09. The molecular weight excluding hydrogens is 314 g/mol. The molecule has 1 aromatic carbocycles. The van der Waals surface area contributed by atoms with Crippen molar-refractivity contribution in [1.29, 1.82) is 0 Å². The summed E-state index contributed by atoms with van der Waals surface area (Å²) in [4.78, 5) is 28.8. The average molecular weight is 333 g/mol. The van der Waals surface area contributed by atoms with Gasteiger partial charge in [0.25, 0.3) is 0 Å². The molecule has 0 saturated heterocycles. The van der Waals surface area contributed by atoms with E-state index in [-0.39, 0.29) is 12.5 Å². The third-order valence-corrected chi connectivity index (χ3v) is 4.25. The fraction of sp³-hybridized carbons (Fsp3) is 0.312. The topological polar surface area (TPSA) is 82.5 Å². The highest BCUT2D eigenvalue weighted by Gasteiger charge is 2.19. The number of amides is 1. The number of aromatic nitrogens is 1. The number of carboxylic acid groups (broad SMARTS) is 1. The van der Waals surface area contributed by atoms with E-state index in [9.17, 15) is 9.59 Å². The summed E-state index contributed by atoms with van der Waals surface area (Å²) in [6.07, 6.45) is 0. The molecule has 0 aliphatic rings. The van der Waals surface area contributed by atoms with Crippen LogP contribution in [0.15, 0.2) is 29.6 Å². The Morgan fingerprint density at radius 2 is 2.17 bits per heavy atom. The van der Waals surface area contributed by atoms with Crippen molar-refractivity contribution in [2.75, 3.05) is 18.9 Å². The third kappa shape index (κ3) is 4.61. The average Bonchev–Trinajstić information content (AvgIpc) is 2.93. The normalized spacial score (nSPS) is 12.2. The molecule has 1 amide bonds. The molecule has 23 heavy (non-hydrogen) atoms. The van der Waals surface area contributed by atoms with Gasteiger partial charge in [0.15, 0.2) is 0 Å². The molecule has 0 saturated carbocycles. The number of hydrogen-bond acceptors (Lipinski definition) is 5. The van der Waals surface area contributed by atoms with Crippen LogP contribution in [0.4, 0.5) is 5.69 Å². The Hall–Kier alpha value is -2.25. The van der Waals surface area contributed by atoms with Crippen molar-refractivity contribution in [2.24, 2.45) is 0 Å². The van der Waals surface area contributed by atoms with Gasteiger partial charge in [0.05, 0.1) is 17.2 Å². The van der Waals surface area contributed by atoms with Crippen LogP contribution in [0.1, 0.15) is 11.9 Å². The number of hydrogen-bond donors (Lipinski definition) is 2. The minimum atomic E-state index is -0.957. The van der Waals surface area contributed by atoms with Crippen LogP contribution in [0, 0.1) is 6.92 Å². The molecule has 0 fully saturated rings. The standard InChI is InChI=1S/C16H19N3O3S/c1-10(16(21)22)19(3)8-15(20)18-13-6-4-5-12(7-13)14-9-23-11(2)17-14/h4-7,9-10H,8H2,1-3H3,(H,18,20)(H,21,22). The molecule has 0 radical (unpaired) electrons. The van der Waals surface area contributed by atoms with Gasteiger partial charge in [-0.25, -0.2) is 4.98 Å². The maximum Gasteiger partial charge on any atom is 0.320 e. The monoisotopic (exact) mass is 333 g/mol. The minimum absolute atomic E-state index is 0.00744. The van der Waals surface area contributed by atoms with Crippen LogP contribution in [-0.4, -0.2) is 46.5 Å². The number of nitrogens with one attached hydrogen (secondary N) is 1. The second-order valence-corrected chi connectivity index (χ2v) is 6.37. The van der Waals surface area contributed by atoms with E-state index in [4.69, 9.17) is 5.11 Å². The molecule has 2 aromatic rings. The Balaban J connectivity index is 2.03. The Morgan fingerprint density at radius 1 is 1.43 bits per heavy atom. The molecule has 2 N–H and O–H groups in total. The molecule has 0 bridgehead atoms. The molecule has 7 heteroatoms. The largest absolute Gasteiger partial charge is 0.480 e. The molecule has 1 heterocycles. The van der Waals surface area contributed by atoms with Crippen molar-refractivity contribution in [3.63, 3.8) is 0 Å². The summed E-state index contributed by atoms with van der Waals surface area (Å²) < 4.78 is 0. The summed E-state index contributed by atoms with van der Waals surface area (Å²) in [6, 6.07) is 6.71. The summed E-state index contributed by atoms with van der Waals surface area (Å²) in [5.74, 6) is -1.21. The fourth-order valence-corrected chi connectivity index (χ4v) is 2.63. The zero-order chi connectivity index (χ0) is 17.0. The number of aliphatic carboxylic acids is 1. The van der Waals surface area contributed by atoms with Gasteiger partial charge in [0, 0.05) is 16.6 Å².